The molecule has 1 nitrogen and oxygen atoms in total. The maximum atomic E-state index is 3.95. The molecule has 3 N–H and O–H groups in total. The third-order valence-electron chi connectivity index (χ3n) is 1.27. The van der Waals surface area contributed by atoms with E-state index in [4.69, 9.17) is 0 Å². The summed E-state index contributed by atoms with van der Waals surface area (Å²) >= 11 is 0. The predicted molar refractivity (Wildman–Crippen MR) is 31.9 cm³/mol. The number of hydrogen-bond acceptors (Lipinski definition) is 0. The van der Waals surface area contributed by atoms with Gasteiger partial charge in [0.25, 0.3) is 0 Å². The molecule has 1 unspecified atom stereocenters. The molecule has 0 heterocycles. The second-order valence-corrected chi connectivity index (χ2v) is 2.06. The quantitative estimate of drug-likeness (QED) is 0.546. The minimum absolute atomic E-state index is 0.699. The Morgan fingerprint density at radius 3 is 2.14 bits per heavy atom. The van der Waals surface area contributed by atoms with Gasteiger partial charge in [-0.15, -0.1) is 0 Å². The van der Waals surface area contributed by atoms with Gasteiger partial charge in [-0.3, -0.25) is 0 Å². The largest absolute Gasteiger partial charge is 0.355 e. The van der Waals surface area contributed by atoms with Gasteiger partial charge in [-0.1, -0.05) is 20.3 Å². The van der Waals surface area contributed by atoms with E-state index in [0.717, 1.165) is 0 Å². The Morgan fingerprint density at radius 1 is 1.43 bits per heavy atom. The fourth-order valence-electron chi connectivity index (χ4n) is 0.612. The SMILES string of the molecule is CCCC([NH3+])CC. The fraction of sp³-hybridized carbons (Fsp3) is 1.00. The smallest absolute Gasteiger partial charge is 0.0840 e. The Balaban J connectivity index is 2.83. The summed E-state index contributed by atoms with van der Waals surface area (Å²) in [6, 6.07) is 0.699. The zero-order valence-corrected chi connectivity index (χ0v) is 5.41. The van der Waals surface area contributed by atoms with E-state index in [9.17, 15) is 0 Å². The average Bonchev–Trinajstić information content (AvgIpc) is 1.68. The molecular formula is C6H16N+. The first-order valence-corrected chi connectivity index (χ1v) is 3.14. The summed E-state index contributed by atoms with van der Waals surface area (Å²) in [6.07, 6.45) is 3.80. The monoisotopic (exact) mass is 102 g/mol. The molecule has 0 aliphatic carbocycles. The number of rotatable bonds is 3. The Kier molecular flexibility index (Phi) is 4.10. The summed E-state index contributed by atoms with van der Waals surface area (Å²) in [4.78, 5) is 0. The molecule has 0 saturated heterocycles. The summed E-state index contributed by atoms with van der Waals surface area (Å²) in [5, 5.41) is 0. The third kappa shape index (κ3) is 3.80. The number of hydrogen-bond donors (Lipinski definition) is 1. The van der Waals surface area contributed by atoms with Gasteiger partial charge in [0, 0.05) is 0 Å². The van der Waals surface area contributed by atoms with Gasteiger partial charge in [0.15, 0.2) is 0 Å². The van der Waals surface area contributed by atoms with Crippen molar-refractivity contribution in [3.63, 3.8) is 0 Å². The van der Waals surface area contributed by atoms with E-state index in [2.05, 4.69) is 19.6 Å². The van der Waals surface area contributed by atoms with Gasteiger partial charge in [-0.25, -0.2) is 0 Å². The standard InChI is InChI=1S/C6H15N/c1-3-5-6(7)4-2/h6H,3-5,7H2,1-2H3/p+1. The summed E-state index contributed by atoms with van der Waals surface area (Å²) in [6.45, 7) is 4.39. The molecule has 0 aliphatic heterocycles. The Labute approximate surface area is 45.9 Å². The first kappa shape index (κ1) is 6.96. The topological polar surface area (TPSA) is 27.6 Å². The van der Waals surface area contributed by atoms with Crippen LogP contribution in [-0.4, -0.2) is 6.04 Å². The first-order chi connectivity index (χ1) is 3.31. The molecule has 1 atom stereocenters. The minimum Gasteiger partial charge on any atom is -0.355 e. The highest BCUT2D eigenvalue weighted by Gasteiger charge is 1.96. The molecule has 0 aliphatic rings. The number of quaternary nitrogens is 1. The molecule has 0 aromatic carbocycles. The molecule has 0 fully saturated rings. The Morgan fingerprint density at radius 2 is 2.00 bits per heavy atom. The van der Waals surface area contributed by atoms with Crippen molar-refractivity contribution in [1.82, 2.24) is 0 Å². The van der Waals surface area contributed by atoms with E-state index in [0.29, 0.717) is 6.04 Å². The second-order valence-electron chi connectivity index (χ2n) is 2.06. The lowest BCUT2D eigenvalue weighted by Crippen LogP contribution is -2.60. The summed E-state index contributed by atoms with van der Waals surface area (Å²) in [7, 11) is 0. The van der Waals surface area contributed by atoms with Crippen LogP contribution in [0, 0.1) is 0 Å². The molecule has 44 valence electrons. The van der Waals surface area contributed by atoms with Crippen molar-refractivity contribution in [1.29, 1.82) is 0 Å². The van der Waals surface area contributed by atoms with Gasteiger partial charge >= 0.3 is 0 Å². The van der Waals surface area contributed by atoms with E-state index < -0.39 is 0 Å². The van der Waals surface area contributed by atoms with Gasteiger partial charge in [0.2, 0.25) is 0 Å². The van der Waals surface area contributed by atoms with Crippen LogP contribution in [0.15, 0.2) is 0 Å². The van der Waals surface area contributed by atoms with Gasteiger partial charge in [0.1, 0.15) is 0 Å². The van der Waals surface area contributed by atoms with E-state index >= 15 is 0 Å². The lowest BCUT2D eigenvalue weighted by molar-refractivity contribution is -0.421. The second kappa shape index (κ2) is 4.13. The van der Waals surface area contributed by atoms with E-state index in [-0.39, 0.29) is 0 Å². The van der Waals surface area contributed by atoms with Crippen molar-refractivity contribution in [2.24, 2.45) is 0 Å². The van der Waals surface area contributed by atoms with Crippen LogP contribution in [0.1, 0.15) is 33.1 Å². The summed E-state index contributed by atoms with van der Waals surface area (Å²) in [5.41, 5.74) is 3.95. The summed E-state index contributed by atoms with van der Waals surface area (Å²) < 4.78 is 0. The van der Waals surface area contributed by atoms with Crippen LogP contribution < -0.4 is 5.73 Å². The third-order valence-corrected chi connectivity index (χ3v) is 1.27. The van der Waals surface area contributed by atoms with Crippen LogP contribution in [0.5, 0.6) is 0 Å². The van der Waals surface area contributed by atoms with Crippen LogP contribution >= 0.6 is 0 Å². The van der Waals surface area contributed by atoms with Crippen molar-refractivity contribution in [3.8, 4) is 0 Å². The van der Waals surface area contributed by atoms with Crippen LogP contribution in [0.25, 0.3) is 0 Å². The fourth-order valence-corrected chi connectivity index (χ4v) is 0.612. The molecule has 0 rings (SSSR count). The molecule has 7 heavy (non-hydrogen) atoms. The molecule has 0 aromatic rings. The van der Waals surface area contributed by atoms with Crippen molar-refractivity contribution in [2.45, 2.75) is 39.2 Å². The summed E-state index contributed by atoms with van der Waals surface area (Å²) in [5.74, 6) is 0. The van der Waals surface area contributed by atoms with Gasteiger partial charge in [0.05, 0.1) is 6.04 Å². The highest BCUT2D eigenvalue weighted by Crippen LogP contribution is 1.93. The lowest BCUT2D eigenvalue weighted by Gasteiger charge is -1.99. The van der Waals surface area contributed by atoms with E-state index in [1.165, 1.54) is 19.3 Å². The molecule has 0 bridgehead atoms. The molecule has 0 aromatic heterocycles. The first-order valence-electron chi connectivity index (χ1n) is 3.14. The van der Waals surface area contributed by atoms with Crippen molar-refractivity contribution >= 4 is 0 Å². The zero-order chi connectivity index (χ0) is 5.70. The molecule has 0 radical (unpaired) electrons. The van der Waals surface area contributed by atoms with Crippen LogP contribution in [0.4, 0.5) is 0 Å². The lowest BCUT2D eigenvalue weighted by atomic mass is 10.1. The van der Waals surface area contributed by atoms with E-state index in [1.807, 2.05) is 0 Å². The molecular weight excluding hydrogens is 86.1 g/mol. The van der Waals surface area contributed by atoms with Crippen LogP contribution in [0.3, 0.4) is 0 Å². The normalized spacial score (nSPS) is 14.1. The van der Waals surface area contributed by atoms with Gasteiger partial charge < -0.3 is 5.73 Å². The van der Waals surface area contributed by atoms with Gasteiger partial charge in [-0.2, -0.15) is 0 Å². The molecule has 0 spiro atoms. The van der Waals surface area contributed by atoms with Crippen LogP contribution in [-0.2, 0) is 0 Å². The highest BCUT2D eigenvalue weighted by molar-refractivity contribution is 4.45. The average molecular weight is 102 g/mol. The minimum atomic E-state index is 0.699. The predicted octanol–water partition coefficient (Wildman–Crippen LogP) is 0.807. The van der Waals surface area contributed by atoms with Crippen molar-refractivity contribution in [3.05, 3.63) is 0 Å². The molecule has 1 heteroatoms. The highest BCUT2D eigenvalue weighted by atomic mass is 14.6. The van der Waals surface area contributed by atoms with Crippen LogP contribution in [0.2, 0.25) is 0 Å². The maximum absolute atomic E-state index is 3.95. The molecule has 0 saturated carbocycles. The molecule has 0 amide bonds. The Bertz CT molecular complexity index is 35.2. The maximum Gasteiger partial charge on any atom is 0.0840 e. The van der Waals surface area contributed by atoms with Crippen molar-refractivity contribution < 1.29 is 5.73 Å². The zero-order valence-electron chi connectivity index (χ0n) is 5.41. The van der Waals surface area contributed by atoms with Gasteiger partial charge in [-0.05, 0) is 12.8 Å². The Hall–Kier alpha value is -0.0400. The van der Waals surface area contributed by atoms with E-state index in [1.54, 1.807) is 0 Å². The van der Waals surface area contributed by atoms with Crippen molar-refractivity contribution in [2.75, 3.05) is 0 Å².